The number of fused-ring (bicyclic) bond motifs is 4. The van der Waals surface area contributed by atoms with Gasteiger partial charge in [0.15, 0.2) is 5.82 Å². The van der Waals surface area contributed by atoms with E-state index in [0.29, 0.717) is 0 Å². The van der Waals surface area contributed by atoms with E-state index in [1.165, 1.54) is 22.5 Å². The number of hydrogen-bond donors (Lipinski definition) is 0. The zero-order chi connectivity index (χ0) is 17.3. The first-order chi connectivity index (χ1) is 12.0. The lowest BCUT2D eigenvalue weighted by molar-refractivity contribution is 0.452. The van der Waals surface area contributed by atoms with E-state index in [-0.39, 0.29) is 11.5 Å². The molecule has 5 rings (SSSR count). The predicted molar refractivity (Wildman–Crippen MR) is 97.8 cm³/mol. The summed E-state index contributed by atoms with van der Waals surface area (Å²) in [7, 11) is 0. The van der Waals surface area contributed by atoms with E-state index >= 15 is 0 Å². The number of nitrogens with zero attached hydrogens (tertiary/aromatic N) is 5. The van der Waals surface area contributed by atoms with E-state index in [1.54, 1.807) is 12.4 Å². The SMILES string of the molecule is Cc1ccc2c(c1N1c3nccnc3C(C)(C)C1C)Cc1nccn1-2. The van der Waals surface area contributed by atoms with Crippen molar-refractivity contribution in [3.05, 3.63) is 59.6 Å². The molecule has 0 amide bonds. The molecule has 3 aromatic rings. The van der Waals surface area contributed by atoms with E-state index in [4.69, 9.17) is 4.98 Å². The molecule has 1 atom stereocenters. The molecular weight excluding hydrogens is 310 g/mol. The van der Waals surface area contributed by atoms with Crippen molar-refractivity contribution in [3.8, 4) is 5.69 Å². The van der Waals surface area contributed by atoms with Crippen molar-refractivity contribution in [1.82, 2.24) is 19.5 Å². The highest BCUT2D eigenvalue weighted by Crippen LogP contribution is 2.49. The van der Waals surface area contributed by atoms with Crippen LogP contribution in [0.4, 0.5) is 11.5 Å². The van der Waals surface area contributed by atoms with Gasteiger partial charge in [-0.25, -0.2) is 9.97 Å². The fraction of sp³-hybridized carbons (Fsp3) is 0.350. The van der Waals surface area contributed by atoms with Crippen molar-refractivity contribution >= 4 is 11.5 Å². The van der Waals surface area contributed by atoms with Crippen LogP contribution in [-0.4, -0.2) is 25.6 Å². The number of aryl methyl sites for hydroxylation is 1. The molecule has 126 valence electrons. The molecule has 0 radical (unpaired) electrons. The maximum Gasteiger partial charge on any atom is 0.155 e. The van der Waals surface area contributed by atoms with Gasteiger partial charge in [-0.2, -0.15) is 0 Å². The maximum absolute atomic E-state index is 4.71. The zero-order valence-electron chi connectivity index (χ0n) is 15.0. The highest BCUT2D eigenvalue weighted by Gasteiger charge is 2.46. The first kappa shape index (κ1) is 14.6. The standard InChI is InChI=1S/C20H21N5/c1-12-5-6-15-14(11-16-21-9-10-24(15)16)17(12)25-13(2)20(3,4)18-19(25)23-8-7-22-18/h5-10,13H,11H2,1-4H3. The zero-order valence-corrected chi connectivity index (χ0v) is 15.0. The minimum Gasteiger partial charge on any atom is -0.321 e. The van der Waals surface area contributed by atoms with Crippen molar-refractivity contribution in [2.45, 2.75) is 45.6 Å². The molecule has 0 saturated carbocycles. The van der Waals surface area contributed by atoms with Gasteiger partial charge >= 0.3 is 0 Å². The molecule has 0 saturated heterocycles. The molecule has 0 bridgehead atoms. The molecule has 2 aliphatic heterocycles. The summed E-state index contributed by atoms with van der Waals surface area (Å²) < 4.78 is 2.20. The number of rotatable bonds is 1. The van der Waals surface area contributed by atoms with Crippen LogP contribution in [-0.2, 0) is 11.8 Å². The third-order valence-corrected chi connectivity index (χ3v) is 5.96. The van der Waals surface area contributed by atoms with Gasteiger partial charge in [-0.05, 0) is 25.5 Å². The maximum atomic E-state index is 4.71. The van der Waals surface area contributed by atoms with Crippen molar-refractivity contribution < 1.29 is 0 Å². The summed E-state index contributed by atoms with van der Waals surface area (Å²) in [5, 5.41) is 0. The summed E-state index contributed by atoms with van der Waals surface area (Å²) in [6.07, 6.45) is 8.38. The molecule has 1 aromatic carbocycles. The first-order valence-electron chi connectivity index (χ1n) is 8.76. The smallest absolute Gasteiger partial charge is 0.155 e. The van der Waals surface area contributed by atoms with Gasteiger partial charge in [0.1, 0.15) is 5.82 Å². The number of hydrogen-bond acceptors (Lipinski definition) is 4. The Balaban J connectivity index is 1.77. The van der Waals surface area contributed by atoms with Gasteiger partial charge in [-0.1, -0.05) is 19.9 Å². The molecular formula is C20H21N5. The first-order valence-corrected chi connectivity index (χ1v) is 8.76. The Bertz CT molecular complexity index is 1000. The summed E-state index contributed by atoms with van der Waals surface area (Å²) >= 11 is 0. The van der Waals surface area contributed by atoms with Crippen LogP contribution in [0.25, 0.3) is 5.69 Å². The average molecular weight is 331 g/mol. The second-order valence-electron chi connectivity index (χ2n) is 7.62. The molecule has 0 aliphatic carbocycles. The third kappa shape index (κ3) is 1.75. The molecule has 2 aromatic heterocycles. The van der Waals surface area contributed by atoms with Gasteiger partial charge in [0.05, 0.1) is 17.1 Å². The summed E-state index contributed by atoms with van der Waals surface area (Å²) in [4.78, 5) is 16.3. The quantitative estimate of drug-likeness (QED) is 0.534. The van der Waals surface area contributed by atoms with Crippen LogP contribution in [0.15, 0.2) is 36.9 Å². The van der Waals surface area contributed by atoms with Gasteiger partial charge in [-0.15, -0.1) is 0 Å². The van der Waals surface area contributed by atoms with Crippen LogP contribution in [0, 0.1) is 6.92 Å². The Kier molecular flexibility index (Phi) is 2.74. The highest BCUT2D eigenvalue weighted by molar-refractivity contribution is 5.78. The van der Waals surface area contributed by atoms with Crippen molar-refractivity contribution in [3.63, 3.8) is 0 Å². The molecule has 4 heterocycles. The molecule has 1 unspecified atom stereocenters. The third-order valence-electron chi connectivity index (χ3n) is 5.96. The van der Waals surface area contributed by atoms with E-state index in [1.807, 2.05) is 12.4 Å². The van der Waals surface area contributed by atoms with Gasteiger partial charge in [-0.3, -0.25) is 4.98 Å². The number of aromatic nitrogens is 4. The number of anilines is 2. The monoisotopic (exact) mass is 331 g/mol. The topological polar surface area (TPSA) is 46.8 Å². The summed E-state index contributed by atoms with van der Waals surface area (Å²) in [6, 6.07) is 4.69. The lowest BCUT2D eigenvalue weighted by Crippen LogP contribution is -2.37. The number of imidazole rings is 1. The van der Waals surface area contributed by atoms with Gasteiger partial charge in [0, 0.05) is 48.2 Å². The van der Waals surface area contributed by atoms with E-state index < -0.39 is 0 Å². The molecule has 25 heavy (non-hydrogen) atoms. The minimum absolute atomic E-state index is 0.0507. The van der Waals surface area contributed by atoms with Crippen LogP contribution >= 0.6 is 0 Å². The summed E-state index contributed by atoms with van der Waals surface area (Å²) in [5.74, 6) is 2.09. The Morgan fingerprint density at radius 1 is 1.08 bits per heavy atom. The molecule has 5 nitrogen and oxygen atoms in total. The van der Waals surface area contributed by atoms with E-state index in [9.17, 15) is 0 Å². The van der Waals surface area contributed by atoms with Crippen molar-refractivity contribution in [2.24, 2.45) is 0 Å². The lowest BCUT2D eigenvalue weighted by Gasteiger charge is -2.32. The lowest BCUT2D eigenvalue weighted by atomic mass is 9.84. The van der Waals surface area contributed by atoms with Crippen LogP contribution in [0.1, 0.15) is 43.4 Å². The Morgan fingerprint density at radius 3 is 2.72 bits per heavy atom. The van der Waals surface area contributed by atoms with E-state index in [2.05, 4.69) is 59.3 Å². The van der Waals surface area contributed by atoms with Crippen LogP contribution in [0.3, 0.4) is 0 Å². The predicted octanol–water partition coefficient (Wildman–Crippen LogP) is 3.69. The molecule has 2 aliphatic rings. The molecule has 0 N–H and O–H groups in total. The van der Waals surface area contributed by atoms with Gasteiger partial charge in [0.2, 0.25) is 0 Å². The van der Waals surface area contributed by atoms with Crippen LogP contribution in [0.2, 0.25) is 0 Å². The van der Waals surface area contributed by atoms with Gasteiger partial charge < -0.3 is 9.47 Å². The van der Waals surface area contributed by atoms with Crippen molar-refractivity contribution in [1.29, 1.82) is 0 Å². The van der Waals surface area contributed by atoms with Gasteiger partial charge in [0.25, 0.3) is 0 Å². The van der Waals surface area contributed by atoms with Crippen LogP contribution in [0.5, 0.6) is 0 Å². The van der Waals surface area contributed by atoms with E-state index in [0.717, 1.165) is 23.8 Å². The van der Waals surface area contributed by atoms with Crippen LogP contribution < -0.4 is 4.90 Å². The second kappa shape index (κ2) is 4.69. The normalized spacial score (nSPS) is 19.7. The fourth-order valence-electron chi connectivity index (χ4n) is 4.29. The van der Waals surface area contributed by atoms with Crippen molar-refractivity contribution in [2.75, 3.05) is 4.90 Å². The Hall–Kier alpha value is -2.69. The average Bonchev–Trinajstić information content (AvgIpc) is 3.22. The summed E-state index contributed by atoms with van der Waals surface area (Å²) in [6.45, 7) is 8.98. The minimum atomic E-state index is -0.0507. The Labute approximate surface area is 147 Å². The Morgan fingerprint density at radius 2 is 1.88 bits per heavy atom. The second-order valence-corrected chi connectivity index (χ2v) is 7.62. The summed E-state index contributed by atoms with van der Waals surface area (Å²) in [5.41, 5.74) is 6.13. The molecule has 0 fully saturated rings. The fourth-order valence-corrected chi connectivity index (χ4v) is 4.29. The highest BCUT2D eigenvalue weighted by atomic mass is 15.3. The molecule has 5 heteroatoms. The molecule has 0 spiro atoms. The largest absolute Gasteiger partial charge is 0.321 e. The number of benzene rings is 1.